The fraction of sp³-hybridized carbons (Fsp3) is 0.188. The predicted octanol–water partition coefficient (Wildman–Crippen LogP) is 4.71. The predicted molar refractivity (Wildman–Crippen MR) is 93.4 cm³/mol. The fourth-order valence-corrected chi connectivity index (χ4v) is 3.67. The molecule has 0 aromatic heterocycles. The van der Waals surface area contributed by atoms with Crippen LogP contribution >= 0.6 is 27.7 Å². The summed E-state index contributed by atoms with van der Waals surface area (Å²) >= 11 is 5.25. The molecule has 0 radical (unpaired) electrons. The first-order valence-corrected chi connectivity index (χ1v) is 8.29. The highest BCUT2D eigenvalue weighted by Crippen LogP contribution is 2.36. The van der Waals surface area contributed by atoms with Crippen molar-refractivity contribution in [3.8, 4) is 5.75 Å². The Bertz CT molecular complexity index is 661. The van der Waals surface area contributed by atoms with Crippen LogP contribution in [0.2, 0.25) is 0 Å². The molecule has 0 spiro atoms. The van der Waals surface area contributed by atoms with Crippen molar-refractivity contribution in [2.75, 3.05) is 19.0 Å². The Hall–Kier alpha value is -1.46. The summed E-state index contributed by atoms with van der Waals surface area (Å²) in [4.78, 5) is 4.59. The molecule has 3 nitrogen and oxygen atoms in total. The molecule has 1 atom stereocenters. The van der Waals surface area contributed by atoms with Gasteiger partial charge in [0, 0.05) is 16.2 Å². The summed E-state index contributed by atoms with van der Waals surface area (Å²) < 4.78 is 6.25. The third-order valence-electron chi connectivity index (χ3n) is 3.18. The number of ether oxygens (including phenoxy) is 1. The number of anilines is 1. The Labute approximate surface area is 136 Å². The number of halogens is 1. The maximum Gasteiger partial charge on any atom is 0.161 e. The van der Waals surface area contributed by atoms with Crippen molar-refractivity contribution < 1.29 is 4.74 Å². The molecule has 1 aliphatic heterocycles. The van der Waals surface area contributed by atoms with Gasteiger partial charge in [0.05, 0.1) is 18.9 Å². The summed E-state index contributed by atoms with van der Waals surface area (Å²) in [5.41, 5.74) is 2.29. The van der Waals surface area contributed by atoms with Gasteiger partial charge in [-0.05, 0) is 17.7 Å². The molecule has 21 heavy (non-hydrogen) atoms. The molecule has 1 aliphatic rings. The minimum absolute atomic E-state index is 0.391. The van der Waals surface area contributed by atoms with Gasteiger partial charge in [-0.15, -0.1) is 0 Å². The van der Waals surface area contributed by atoms with Crippen molar-refractivity contribution >= 4 is 38.5 Å². The van der Waals surface area contributed by atoms with E-state index < -0.39 is 0 Å². The van der Waals surface area contributed by atoms with E-state index in [0.717, 1.165) is 27.6 Å². The monoisotopic (exact) mass is 362 g/mol. The van der Waals surface area contributed by atoms with Gasteiger partial charge in [0.25, 0.3) is 0 Å². The number of nitrogens with zero attached hydrogens (tertiary/aromatic N) is 1. The largest absolute Gasteiger partial charge is 0.497 e. The first-order valence-electron chi connectivity index (χ1n) is 6.62. The zero-order valence-electron chi connectivity index (χ0n) is 11.5. The van der Waals surface area contributed by atoms with Gasteiger partial charge < -0.3 is 10.1 Å². The number of nitrogens with one attached hydrogen (secondary N) is 1. The summed E-state index contributed by atoms with van der Waals surface area (Å²) in [5, 5.41) is 4.70. The Morgan fingerprint density at radius 2 is 2.05 bits per heavy atom. The van der Waals surface area contributed by atoms with Crippen LogP contribution in [-0.2, 0) is 0 Å². The molecule has 0 amide bonds. The highest BCUT2D eigenvalue weighted by molar-refractivity contribution is 9.10. The third-order valence-corrected chi connectivity index (χ3v) is 4.80. The van der Waals surface area contributed by atoms with Crippen LogP contribution < -0.4 is 10.1 Å². The van der Waals surface area contributed by atoms with Gasteiger partial charge in [-0.1, -0.05) is 58.0 Å². The average Bonchev–Trinajstić information content (AvgIpc) is 2.96. The molecule has 0 fully saturated rings. The smallest absolute Gasteiger partial charge is 0.161 e. The highest BCUT2D eigenvalue weighted by Gasteiger charge is 2.21. The Morgan fingerprint density at radius 1 is 1.24 bits per heavy atom. The van der Waals surface area contributed by atoms with E-state index in [2.05, 4.69) is 50.5 Å². The first kappa shape index (κ1) is 14.5. The van der Waals surface area contributed by atoms with Gasteiger partial charge in [-0.25, -0.2) is 0 Å². The number of rotatable bonds is 3. The van der Waals surface area contributed by atoms with Crippen LogP contribution in [0.1, 0.15) is 10.8 Å². The Balaban J connectivity index is 1.69. The zero-order valence-corrected chi connectivity index (χ0v) is 13.9. The normalized spacial score (nSPS) is 17.4. The quantitative estimate of drug-likeness (QED) is 0.857. The maximum absolute atomic E-state index is 5.27. The molecular formula is C16H15BrN2OS. The van der Waals surface area contributed by atoms with Crippen molar-refractivity contribution in [3.05, 3.63) is 58.6 Å². The second-order valence-corrected chi connectivity index (χ2v) is 6.77. The van der Waals surface area contributed by atoms with E-state index in [1.54, 1.807) is 18.9 Å². The van der Waals surface area contributed by atoms with Crippen LogP contribution in [0.4, 0.5) is 5.69 Å². The van der Waals surface area contributed by atoms with Gasteiger partial charge in [-0.3, -0.25) is 4.99 Å². The van der Waals surface area contributed by atoms with E-state index in [0.29, 0.717) is 5.25 Å². The average molecular weight is 363 g/mol. The lowest BCUT2D eigenvalue weighted by Crippen LogP contribution is -2.05. The van der Waals surface area contributed by atoms with Gasteiger partial charge in [0.2, 0.25) is 0 Å². The lowest BCUT2D eigenvalue weighted by atomic mass is 10.1. The molecule has 2 aromatic carbocycles. The fourth-order valence-electron chi connectivity index (χ4n) is 2.16. The second-order valence-electron chi connectivity index (χ2n) is 4.67. The van der Waals surface area contributed by atoms with Gasteiger partial charge in [0.15, 0.2) is 5.17 Å². The van der Waals surface area contributed by atoms with Crippen molar-refractivity contribution in [2.24, 2.45) is 4.99 Å². The lowest BCUT2D eigenvalue weighted by molar-refractivity contribution is 0.415. The summed E-state index contributed by atoms with van der Waals surface area (Å²) in [6.45, 7) is 0.808. The number of methoxy groups -OCH3 is 1. The molecule has 1 unspecified atom stereocenters. The molecule has 1 heterocycles. The van der Waals surface area contributed by atoms with E-state index in [4.69, 9.17) is 4.74 Å². The first-order chi connectivity index (χ1) is 10.2. The Morgan fingerprint density at radius 3 is 2.81 bits per heavy atom. The number of aliphatic imine (C=N–C) groups is 1. The Kier molecular flexibility index (Phi) is 4.51. The van der Waals surface area contributed by atoms with Crippen molar-refractivity contribution in [3.63, 3.8) is 0 Å². The second kappa shape index (κ2) is 6.54. The van der Waals surface area contributed by atoms with Crippen LogP contribution in [0.3, 0.4) is 0 Å². The zero-order chi connectivity index (χ0) is 14.7. The van der Waals surface area contributed by atoms with Crippen LogP contribution in [0.15, 0.2) is 58.0 Å². The standard InChI is InChI=1S/C16H15BrN2OS/c1-20-14-8-12(17)7-13(9-14)19-16-18-10-15(21-16)11-5-3-2-4-6-11/h2-9,15H,10H2,1H3,(H,18,19). The number of hydrogen-bond acceptors (Lipinski definition) is 4. The lowest BCUT2D eigenvalue weighted by Gasteiger charge is -2.10. The summed E-state index contributed by atoms with van der Waals surface area (Å²) in [7, 11) is 1.67. The number of amidine groups is 1. The molecule has 3 rings (SSSR count). The molecule has 0 aliphatic carbocycles. The van der Waals surface area contributed by atoms with Crippen molar-refractivity contribution in [1.82, 2.24) is 0 Å². The minimum atomic E-state index is 0.391. The van der Waals surface area contributed by atoms with E-state index in [9.17, 15) is 0 Å². The third kappa shape index (κ3) is 3.60. The molecule has 0 saturated heterocycles. The topological polar surface area (TPSA) is 33.6 Å². The number of hydrogen-bond donors (Lipinski definition) is 1. The number of thioether (sulfide) groups is 1. The van der Waals surface area contributed by atoms with Crippen LogP contribution in [-0.4, -0.2) is 18.8 Å². The van der Waals surface area contributed by atoms with E-state index in [1.165, 1.54) is 5.56 Å². The minimum Gasteiger partial charge on any atom is -0.497 e. The van der Waals surface area contributed by atoms with Crippen molar-refractivity contribution in [2.45, 2.75) is 5.25 Å². The molecule has 0 bridgehead atoms. The van der Waals surface area contributed by atoms with E-state index in [-0.39, 0.29) is 0 Å². The van der Waals surface area contributed by atoms with Gasteiger partial charge in [-0.2, -0.15) is 0 Å². The molecule has 2 aromatic rings. The summed E-state index contributed by atoms with van der Waals surface area (Å²) in [6.07, 6.45) is 0. The van der Waals surface area contributed by atoms with Crippen LogP contribution in [0.5, 0.6) is 5.75 Å². The van der Waals surface area contributed by atoms with Gasteiger partial charge in [0.1, 0.15) is 5.75 Å². The highest BCUT2D eigenvalue weighted by atomic mass is 79.9. The SMILES string of the molecule is COc1cc(Br)cc(NC2=NCC(c3ccccc3)S2)c1. The van der Waals surface area contributed by atoms with E-state index in [1.807, 2.05) is 24.3 Å². The number of benzene rings is 2. The molecule has 5 heteroatoms. The molecule has 0 saturated carbocycles. The van der Waals surface area contributed by atoms with Gasteiger partial charge >= 0.3 is 0 Å². The van der Waals surface area contributed by atoms with Crippen LogP contribution in [0, 0.1) is 0 Å². The maximum atomic E-state index is 5.27. The van der Waals surface area contributed by atoms with Crippen molar-refractivity contribution in [1.29, 1.82) is 0 Å². The summed E-state index contributed by atoms with van der Waals surface area (Å²) in [5.74, 6) is 0.815. The summed E-state index contributed by atoms with van der Waals surface area (Å²) in [6, 6.07) is 16.4. The molecular weight excluding hydrogens is 348 g/mol. The molecule has 1 N–H and O–H groups in total. The molecule has 108 valence electrons. The van der Waals surface area contributed by atoms with E-state index >= 15 is 0 Å². The van der Waals surface area contributed by atoms with Crippen LogP contribution in [0.25, 0.3) is 0 Å².